The van der Waals surface area contributed by atoms with E-state index in [0.29, 0.717) is 13.0 Å². The number of ketones is 1. The first-order valence-electron chi connectivity index (χ1n) is 6.88. The van der Waals surface area contributed by atoms with Crippen LogP contribution in [0, 0.1) is 0 Å². The van der Waals surface area contributed by atoms with E-state index in [9.17, 15) is 9.59 Å². The van der Waals surface area contributed by atoms with Crippen LogP contribution in [0.1, 0.15) is 38.8 Å². The lowest BCUT2D eigenvalue weighted by atomic mass is 10.0. The van der Waals surface area contributed by atoms with Gasteiger partial charge in [0.05, 0.1) is 5.69 Å². The summed E-state index contributed by atoms with van der Waals surface area (Å²) < 4.78 is 5.42. The molecule has 20 heavy (non-hydrogen) atoms. The van der Waals surface area contributed by atoms with Crippen molar-refractivity contribution in [3.63, 3.8) is 0 Å². The molecule has 2 rings (SSSR count). The minimum absolute atomic E-state index is 0.133. The second-order valence-electron chi connectivity index (χ2n) is 6.18. The van der Waals surface area contributed by atoms with Gasteiger partial charge in [0.15, 0.2) is 0 Å². The summed E-state index contributed by atoms with van der Waals surface area (Å²) in [6.07, 6.45) is 0.875. The van der Waals surface area contributed by atoms with Crippen LogP contribution in [-0.4, -0.2) is 24.0 Å². The molecule has 0 saturated carbocycles. The van der Waals surface area contributed by atoms with E-state index < -0.39 is 5.60 Å². The Balaban J connectivity index is 2.25. The number of benzene rings is 1. The molecule has 0 atom stereocenters. The van der Waals surface area contributed by atoms with Crippen LogP contribution in [0.5, 0.6) is 0 Å². The summed E-state index contributed by atoms with van der Waals surface area (Å²) in [6.45, 7) is 7.76. The Morgan fingerprint density at radius 1 is 1.30 bits per heavy atom. The highest BCUT2D eigenvalue weighted by atomic mass is 16.6. The van der Waals surface area contributed by atoms with E-state index in [2.05, 4.69) is 0 Å². The summed E-state index contributed by atoms with van der Waals surface area (Å²) in [5.74, 6) is 0.133. The van der Waals surface area contributed by atoms with Crippen LogP contribution in [-0.2, 0) is 22.4 Å². The predicted molar refractivity (Wildman–Crippen MR) is 78.1 cm³/mol. The smallest absolute Gasteiger partial charge is 0.414 e. The van der Waals surface area contributed by atoms with Gasteiger partial charge in [-0.15, -0.1) is 0 Å². The summed E-state index contributed by atoms with van der Waals surface area (Å²) in [5.41, 5.74) is 2.48. The molecule has 0 bridgehead atoms. The Morgan fingerprint density at radius 2 is 2.00 bits per heavy atom. The van der Waals surface area contributed by atoms with Crippen molar-refractivity contribution in [1.82, 2.24) is 0 Å². The summed E-state index contributed by atoms with van der Waals surface area (Å²) in [6, 6.07) is 5.76. The molecule has 0 unspecified atom stereocenters. The quantitative estimate of drug-likeness (QED) is 0.833. The minimum Gasteiger partial charge on any atom is -0.443 e. The van der Waals surface area contributed by atoms with Crippen molar-refractivity contribution in [2.45, 2.75) is 46.1 Å². The molecule has 0 spiro atoms. The Morgan fingerprint density at radius 3 is 2.60 bits per heavy atom. The number of hydrogen-bond donors (Lipinski definition) is 0. The number of carbonyl (C=O) groups is 2. The first kappa shape index (κ1) is 14.6. The molecule has 0 aromatic heterocycles. The SMILES string of the molecule is CC(=O)Cc1cccc2c1CCN2C(=O)OC(C)(C)C. The fourth-order valence-corrected chi connectivity index (χ4v) is 2.45. The number of fused-ring (bicyclic) bond motifs is 1. The molecule has 1 aliphatic rings. The zero-order valence-electron chi connectivity index (χ0n) is 12.5. The van der Waals surface area contributed by atoms with E-state index in [1.807, 2.05) is 39.0 Å². The molecule has 1 aliphatic heterocycles. The van der Waals surface area contributed by atoms with E-state index in [0.717, 1.165) is 23.2 Å². The molecule has 1 aromatic rings. The first-order chi connectivity index (χ1) is 9.28. The topological polar surface area (TPSA) is 46.6 Å². The van der Waals surface area contributed by atoms with E-state index >= 15 is 0 Å². The number of rotatable bonds is 2. The van der Waals surface area contributed by atoms with Gasteiger partial charge in [-0.2, -0.15) is 0 Å². The van der Waals surface area contributed by atoms with E-state index in [1.165, 1.54) is 0 Å². The number of nitrogens with zero attached hydrogens (tertiary/aromatic N) is 1. The average Bonchev–Trinajstić information content (AvgIpc) is 2.70. The number of ether oxygens (including phenoxy) is 1. The highest BCUT2D eigenvalue weighted by Crippen LogP contribution is 2.32. The molecular formula is C16H21NO3. The lowest BCUT2D eigenvalue weighted by molar-refractivity contribution is -0.116. The molecule has 1 aromatic carbocycles. The Kier molecular flexibility index (Phi) is 3.84. The Labute approximate surface area is 119 Å². The van der Waals surface area contributed by atoms with Crippen molar-refractivity contribution in [2.24, 2.45) is 0 Å². The van der Waals surface area contributed by atoms with Gasteiger partial charge in [0.2, 0.25) is 0 Å². The Hall–Kier alpha value is -1.84. The number of hydrogen-bond acceptors (Lipinski definition) is 3. The van der Waals surface area contributed by atoms with E-state index in [-0.39, 0.29) is 11.9 Å². The molecule has 4 nitrogen and oxygen atoms in total. The molecule has 0 radical (unpaired) electrons. The van der Waals surface area contributed by atoms with Crippen LogP contribution in [0.25, 0.3) is 0 Å². The fraction of sp³-hybridized carbons (Fsp3) is 0.500. The number of amides is 1. The third-order valence-corrected chi connectivity index (χ3v) is 3.18. The van der Waals surface area contributed by atoms with Gasteiger partial charge < -0.3 is 4.74 Å². The van der Waals surface area contributed by atoms with Crippen LogP contribution in [0.15, 0.2) is 18.2 Å². The third kappa shape index (κ3) is 3.18. The zero-order valence-corrected chi connectivity index (χ0v) is 12.5. The maximum Gasteiger partial charge on any atom is 0.414 e. The van der Waals surface area contributed by atoms with Crippen molar-refractivity contribution in [3.8, 4) is 0 Å². The zero-order chi connectivity index (χ0) is 14.9. The highest BCUT2D eigenvalue weighted by molar-refractivity contribution is 5.91. The van der Waals surface area contributed by atoms with Gasteiger partial charge in [-0.05, 0) is 51.3 Å². The summed E-state index contributed by atoms with van der Waals surface area (Å²) in [5, 5.41) is 0. The average molecular weight is 275 g/mol. The van der Waals surface area contributed by atoms with Gasteiger partial charge >= 0.3 is 6.09 Å². The van der Waals surface area contributed by atoms with Gasteiger partial charge in [-0.1, -0.05) is 12.1 Å². The van der Waals surface area contributed by atoms with Crippen molar-refractivity contribution in [1.29, 1.82) is 0 Å². The van der Waals surface area contributed by atoms with Crippen LogP contribution >= 0.6 is 0 Å². The molecule has 0 saturated heterocycles. The maximum absolute atomic E-state index is 12.2. The molecule has 1 amide bonds. The highest BCUT2D eigenvalue weighted by Gasteiger charge is 2.30. The van der Waals surface area contributed by atoms with Crippen LogP contribution in [0.2, 0.25) is 0 Å². The molecule has 0 aliphatic carbocycles. The fourth-order valence-electron chi connectivity index (χ4n) is 2.45. The molecule has 0 fully saturated rings. The molecular weight excluding hydrogens is 254 g/mol. The third-order valence-electron chi connectivity index (χ3n) is 3.18. The number of carbonyl (C=O) groups excluding carboxylic acids is 2. The monoisotopic (exact) mass is 275 g/mol. The predicted octanol–water partition coefficient (Wildman–Crippen LogP) is 3.12. The van der Waals surface area contributed by atoms with Crippen molar-refractivity contribution >= 4 is 17.6 Å². The van der Waals surface area contributed by atoms with Gasteiger partial charge in [-0.25, -0.2) is 4.79 Å². The van der Waals surface area contributed by atoms with Crippen molar-refractivity contribution in [2.75, 3.05) is 11.4 Å². The van der Waals surface area contributed by atoms with Gasteiger partial charge in [0.25, 0.3) is 0 Å². The van der Waals surface area contributed by atoms with Crippen molar-refractivity contribution < 1.29 is 14.3 Å². The van der Waals surface area contributed by atoms with Crippen LogP contribution in [0.3, 0.4) is 0 Å². The lowest BCUT2D eigenvalue weighted by Crippen LogP contribution is -2.35. The second kappa shape index (κ2) is 5.27. The largest absolute Gasteiger partial charge is 0.443 e. The van der Waals surface area contributed by atoms with Crippen molar-refractivity contribution in [3.05, 3.63) is 29.3 Å². The standard InChI is InChI=1S/C16H21NO3/c1-11(18)10-12-6-5-7-14-13(12)8-9-17(14)15(19)20-16(2,3)4/h5-7H,8-10H2,1-4H3. The lowest BCUT2D eigenvalue weighted by Gasteiger charge is -2.24. The molecule has 1 heterocycles. The van der Waals surface area contributed by atoms with E-state index in [1.54, 1.807) is 11.8 Å². The van der Waals surface area contributed by atoms with Crippen LogP contribution in [0.4, 0.5) is 10.5 Å². The first-order valence-corrected chi connectivity index (χ1v) is 6.88. The van der Waals surface area contributed by atoms with Gasteiger partial charge in [-0.3, -0.25) is 9.69 Å². The Bertz CT molecular complexity index is 543. The molecule has 4 heteroatoms. The molecule has 0 N–H and O–H groups in total. The van der Waals surface area contributed by atoms with Gasteiger partial charge in [0.1, 0.15) is 11.4 Å². The normalized spacial score (nSPS) is 14.1. The van der Waals surface area contributed by atoms with Gasteiger partial charge in [0, 0.05) is 13.0 Å². The number of anilines is 1. The number of Topliss-reactive ketones (excluding diaryl/α,β-unsaturated/α-hetero) is 1. The summed E-state index contributed by atoms with van der Waals surface area (Å²) in [7, 11) is 0. The second-order valence-corrected chi connectivity index (χ2v) is 6.18. The summed E-state index contributed by atoms with van der Waals surface area (Å²) in [4.78, 5) is 25.2. The minimum atomic E-state index is -0.503. The summed E-state index contributed by atoms with van der Waals surface area (Å²) >= 11 is 0. The van der Waals surface area contributed by atoms with Crippen LogP contribution < -0.4 is 4.90 Å². The maximum atomic E-state index is 12.2. The van der Waals surface area contributed by atoms with E-state index in [4.69, 9.17) is 4.74 Å². The molecule has 108 valence electrons.